The number of aromatic nitrogens is 4. The summed E-state index contributed by atoms with van der Waals surface area (Å²) in [7, 11) is 3.13. The third-order valence-electron chi connectivity index (χ3n) is 4.26. The maximum Gasteiger partial charge on any atom is 0.232 e. The van der Waals surface area contributed by atoms with Crippen molar-refractivity contribution < 1.29 is 19.0 Å². The van der Waals surface area contributed by atoms with E-state index in [9.17, 15) is 4.79 Å². The summed E-state index contributed by atoms with van der Waals surface area (Å²) in [6.07, 6.45) is 0.338. The minimum atomic E-state index is -0.682. The molecule has 0 saturated heterocycles. The zero-order valence-electron chi connectivity index (χ0n) is 16.5. The number of anilines is 1. The Morgan fingerprint density at radius 1 is 1.14 bits per heavy atom. The Kier molecular flexibility index (Phi) is 6.62. The van der Waals surface area contributed by atoms with Crippen LogP contribution in [0.2, 0.25) is 0 Å². The highest BCUT2D eigenvalue weighted by Crippen LogP contribution is 2.30. The van der Waals surface area contributed by atoms with E-state index in [-0.39, 0.29) is 11.7 Å². The van der Waals surface area contributed by atoms with Crippen LogP contribution in [-0.2, 0) is 11.2 Å². The lowest BCUT2D eigenvalue weighted by atomic mass is 9.97. The van der Waals surface area contributed by atoms with Gasteiger partial charge in [0.1, 0.15) is 5.75 Å². The molecule has 0 fully saturated rings. The van der Waals surface area contributed by atoms with Crippen LogP contribution in [-0.4, -0.2) is 42.3 Å². The molecule has 0 radical (unpaired) electrons. The minimum absolute atomic E-state index is 0.248. The molecule has 3 rings (SSSR count). The van der Waals surface area contributed by atoms with Crippen molar-refractivity contribution >= 4 is 11.6 Å². The Balaban J connectivity index is 1.82. The van der Waals surface area contributed by atoms with Crippen molar-refractivity contribution in [3.05, 3.63) is 53.9 Å². The number of benzene rings is 2. The van der Waals surface area contributed by atoms with Gasteiger partial charge in [0.15, 0.2) is 11.5 Å². The van der Waals surface area contributed by atoms with Gasteiger partial charge in [0.05, 0.1) is 26.7 Å². The highest BCUT2D eigenvalue weighted by atomic mass is 16.5. The van der Waals surface area contributed by atoms with Crippen LogP contribution in [0.1, 0.15) is 24.2 Å². The first-order valence-electron chi connectivity index (χ1n) is 9.07. The molecule has 9 nitrogen and oxygen atoms in total. The fourth-order valence-electron chi connectivity index (χ4n) is 2.90. The van der Waals surface area contributed by atoms with Crippen LogP contribution in [0.4, 0.5) is 5.69 Å². The summed E-state index contributed by atoms with van der Waals surface area (Å²) in [4.78, 5) is 13.0. The fraction of sp³-hybridized carbons (Fsp3) is 0.300. The lowest BCUT2D eigenvalue weighted by Crippen LogP contribution is -2.24. The number of rotatable bonds is 9. The number of carbonyl (C=O) groups is 1. The number of ether oxygens (including phenoxy) is 3. The monoisotopic (exact) mass is 396 g/mol. The fourth-order valence-corrected chi connectivity index (χ4v) is 2.90. The maximum absolute atomic E-state index is 13.0. The van der Waals surface area contributed by atoms with E-state index in [2.05, 4.69) is 25.9 Å². The summed E-state index contributed by atoms with van der Waals surface area (Å²) in [5.74, 6) is 1.15. The van der Waals surface area contributed by atoms with Crippen molar-refractivity contribution in [2.45, 2.75) is 19.3 Å². The van der Waals surface area contributed by atoms with Gasteiger partial charge in [-0.3, -0.25) is 15.1 Å². The number of hydrogen-bond donors (Lipinski definition) is 1. The lowest BCUT2D eigenvalue weighted by Gasteiger charge is -2.18. The summed E-state index contributed by atoms with van der Waals surface area (Å²) < 4.78 is 16.1. The van der Waals surface area contributed by atoms with Crippen LogP contribution < -0.4 is 24.6 Å². The smallest absolute Gasteiger partial charge is 0.232 e. The summed E-state index contributed by atoms with van der Waals surface area (Å²) in [6.45, 7) is 2.44. The van der Waals surface area contributed by atoms with Crippen molar-refractivity contribution in [3.8, 4) is 17.2 Å². The van der Waals surface area contributed by atoms with Crippen molar-refractivity contribution in [2.75, 3.05) is 26.1 Å². The summed E-state index contributed by atoms with van der Waals surface area (Å²) >= 11 is 0. The number of nitrogens with one attached hydrogen (secondary N) is 1. The van der Waals surface area contributed by atoms with Gasteiger partial charge in [0, 0.05) is 17.6 Å². The van der Waals surface area contributed by atoms with Crippen LogP contribution in [0.15, 0.2) is 42.5 Å². The Morgan fingerprint density at radius 2 is 1.97 bits per heavy atom. The predicted octanol–water partition coefficient (Wildman–Crippen LogP) is 2.21. The van der Waals surface area contributed by atoms with Crippen molar-refractivity contribution in [3.63, 3.8) is 0 Å². The van der Waals surface area contributed by atoms with Gasteiger partial charge in [0.25, 0.3) is 0 Å². The molecule has 0 aliphatic heterocycles. The number of carbonyl (C=O) groups excluding carboxylic acids is 1. The highest BCUT2D eigenvalue weighted by molar-refractivity contribution is 5.95. The van der Waals surface area contributed by atoms with E-state index in [0.29, 0.717) is 36.0 Å². The molecule has 1 heterocycles. The SMILES string of the molecule is CCOc1cccc(NC(=O)[C@H](Cc2ccc(OC)c(OC)c2)c2nnn[n-]2)c1. The predicted molar refractivity (Wildman–Crippen MR) is 105 cm³/mol. The summed E-state index contributed by atoms with van der Waals surface area (Å²) in [5.41, 5.74) is 1.47. The molecule has 0 saturated carbocycles. The van der Waals surface area contributed by atoms with E-state index in [1.54, 1.807) is 32.4 Å². The molecule has 1 amide bonds. The van der Waals surface area contributed by atoms with Crippen LogP contribution in [0.5, 0.6) is 17.2 Å². The Bertz CT molecular complexity index is 946. The zero-order valence-corrected chi connectivity index (χ0v) is 16.5. The normalized spacial score (nSPS) is 11.6. The second-order valence-corrected chi connectivity index (χ2v) is 6.13. The third kappa shape index (κ3) is 5.01. The number of amides is 1. The molecule has 0 aliphatic rings. The first kappa shape index (κ1) is 20.1. The van der Waals surface area contributed by atoms with Gasteiger partial charge in [-0.2, -0.15) is 5.21 Å². The standard InChI is InChI=1S/C20H23N5O4/c1-4-29-15-7-5-6-14(12-15)21-20(26)16(19-22-24-25-23-19)10-13-8-9-17(27-2)18(11-13)28-3/h5-9,11-12,16H,4,10H2,1-3H3,(H2,21,22,23,24,25,26)/p-1/t16-/m1/s1. The molecular formula is C20H22N5O4-. The van der Waals surface area contributed by atoms with E-state index in [1.165, 1.54) is 0 Å². The van der Waals surface area contributed by atoms with E-state index in [1.807, 2.05) is 31.2 Å². The quantitative estimate of drug-likeness (QED) is 0.586. The van der Waals surface area contributed by atoms with Crippen LogP contribution in [0, 0.1) is 0 Å². The number of hydrogen-bond acceptors (Lipinski definition) is 7. The van der Waals surface area contributed by atoms with Gasteiger partial charge in [-0.1, -0.05) is 12.1 Å². The summed E-state index contributed by atoms with van der Waals surface area (Å²) in [6, 6.07) is 12.7. The molecule has 29 heavy (non-hydrogen) atoms. The highest BCUT2D eigenvalue weighted by Gasteiger charge is 2.22. The molecule has 1 atom stereocenters. The molecule has 9 heteroatoms. The second-order valence-electron chi connectivity index (χ2n) is 6.13. The Labute approximate surface area is 168 Å². The number of tetrazole rings is 1. The second kappa shape index (κ2) is 9.54. The average molecular weight is 396 g/mol. The molecule has 0 spiro atoms. The van der Waals surface area contributed by atoms with E-state index in [0.717, 1.165) is 5.56 Å². The Morgan fingerprint density at radius 3 is 2.66 bits per heavy atom. The third-order valence-corrected chi connectivity index (χ3v) is 4.26. The van der Waals surface area contributed by atoms with Crippen LogP contribution in [0.25, 0.3) is 0 Å². The van der Waals surface area contributed by atoms with Gasteiger partial charge in [-0.05, 0) is 43.2 Å². The molecular weight excluding hydrogens is 374 g/mol. The number of nitrogens with zero attached hydrogens (tertiary/aromatic N) is 4. The molecule has 0 bridgehead atoms. The van der Waals surface area contributed by atoms with E-state index < -0.39 is 5.92 Å². The van der Waals surface area contributed by atoms with E-state index in [4.69, 9.17) is 14.2 Å². The first-order chi connectivity index (χ1) is 14.1. The van der Waals surface area contributed by atoms with Crippen LogP contribution >= 0.6 is 0 Å². The molecule has 0 aliphatic carbocycles. The van der Waals surface area contributed by atoms with Gasteiger partial charge in [0.2, 0.25) is 5.91 Å². The van der Waals surface area contributed by atoms with Crippen LogP contribution in [0.3, 0.4) is 0 Å². The first-order valence-corrected chi connectivity index (χ1v) is 9.07. The lowest BCUT2D eigenvalue weighted by molar-refractivity contribution is -0.117. The Hall–Kier alpha value is -3.62. The summed E-state index contributed by atoms with van der Waals surface area (Å²) in [5, 5.41) is 17.7. The molecule has 1 aromatic heterocycles. The number of methoxy groups -OCH3 is 2. The van der Waals surface area contributed by atoms with Gasteiger partial charge < -0.3 is 24.6 Å². The van der Waals surface area contributed by atoms with E-state index >= 15 is 0 Å². The van der Waals surface area contributed by atoms with Gasteiger partial charge >= 0.3 is 0 Å². The molecule has 3 aromatic rings. The molecule has 2 aromatic carbocycles. The molecule has 0 unspecified atom stereocenters. The average Bonchev–Trinajstić information content (AvgIpc) is 3.26. The molecule has 152 valence electrons. The maximum atomic E-state index is 13.0. The topological polar surface area (TPSA) is 110 Å². The van der Waals surface area contributed by atoms with Crippen molar-refractivity contribution in [1.29, 1.82) is 0 Å². The molecule has 1 N–H and O–H groups in total. The van der Waals surface area contributed by atoms with Crippen molar-refractivity contribution in [1.82, 2.24) is 20.6 Å². The van der Waals surface area contributed by atoms with Crippen molar-refractivity contribution in [2.24, 2.45) is 0 Å². The van der Waals surface area contributed by atoms with Gasteiger partial charge in [-0.25, -0.2) is 0 Å². The van der Waals surface area contributed by atoms with Gasteiger partial charge in [-0.15, -0.1) is 0 Å². The zero-order chi connectivity index (χ0) is 20.6. The largest absolute Gasteiger partial charge is 0.494 e. The minimum Gasteiger partial charge on any atom is -0.494 e.